The lowest BCUT2D eigenvalue weighted by Gasteiger charge is -2.37. The van der Waals surface area contributed by atoms with E-state index in [2.05, 4.69) is 50.0 Å². The average molecular weight is 1020 g/mol. The summed E-state index contributed by atoms with van der Waals surface area (Å²) in [5.41, 5.74) is 1.94. The average Bonchev–Trinajstić information content (AvgIpc) is 3.94. The van der Waals surface area contributed by atoms with Crippen LogP contribution in [0.15, 0.2) is 110 Å². The van der Waals surface area contributed by atoms with E-state index < -0.39 is 48.0 Å². The lowest BCUT2D eigenvalue weighted by molar-refractivity contribution is -0.123. The van der Waals surface area contributed by atoms with E-state index in [0.29, 0.717) is 67.0 Å². The second-order valence-corrected chi connectivity index (χ2v) is 20.5. The van der Waals surface area contributed by atoms with Gasteiger partial charge < -0.3 is 45.1 Å². The SMILES string of the molecule is CCNC(=O)c1nnc(-c2cc(C(C)C)c(O)cc2O)n1-c1ccc(OC2CCN(C(=O)c3ccc(C4(C)OB([C@H](CC(C)C)NC(=O)[C@H](Cc5ccccc5)NC(=O)c5cnccn5)OC4(C)C)cc3)CC2)cc1. The molecule has 1 unspecified atom stereocenters. The van der Waals surface area contributed by atoms with Crippen LogP contribution in [0.1, 0.15) is 129 Å². The number of piperidine rings is 1. The number of carbonyl (C=O) groups excluding carboxylic acids is 4. The molecule has 18 nitrogen and oxygen atoms in total. The highest BCUT2D eigenvalue weighted by atomic mass is 16.7. The maximum Gasteiger partial charge on any atom is 0.482 e. The number of ether oxygens (including phenoxy) is 1. The molecule has 4 aromatic carbocycles. The van der Waals surface area contributed by atoms with Crippen molar-refractivity contribution in [2.45, 2.75) is 116 Å². The summed E-state index contributed by atoms with van der Waals surface area (Å²) in [5, 5.41) is 38.7. The molecule has 0 bridgehead atoms. The highest BCUT2D eigenvalue weighted by Gasteiger charge is 2.57. The minimum absolute atomic E-state index is 0.0289. The third-order valence-corrected chi connectivity index (χ3v) is 14.0. The predicted molar refractivity (Wildman–Crippen MR) is 282 cm³/mol. The zero-order valence-electron chi connectivity index (χ0n) is 43.7. The summed E-state index contributed by atoms with van der Waals surface area (Å²) in [7, 11) is -0.842. The topological polar surface area (TPSA) is 232 Å². The van der Waals surface area contributed by atoms with Gasteiger partial charge in [0.2, 0.25) is 11.7 Å². The summed E-state index contributed by atoms with van der Waals surface area (Å²) in [6.45, 7) is 17.0. The molecule has 2 saturated heterocycles. The largest absolute Gasteiger partial charge is 0.508 e. The maximum absolute atomic E-state index is 14.2. The van der Waals surface area contributed by atoms with Crippen molar-refractivity contribution in [3.05, 3.63) is 143 Å². The van der Waals surface area contributed by atoms with Crippen LogP contribution in [-0.2, 0) is 26.1 Å². The van der Waals surface area contributed by atoms with Crippen molar-refractivity contribution >= 4 is 30.7 Å². The Kier molecular flexibility index (Phi) is 16.4. The Balaban J connectivity index is 0.904. The molecule has 392 valence electrons. The third kappa shape index (κ3) is 12.0. The van der Waals surface area contributed by atoms with E-state index in [1.807, 2.05) is 94.1 Å². The zero-order chi connectivity index (χ0) is 53.6. The minimum Gasteiger partial charge on any atom is -0.508 e. The van der Waals surface area contributed by atoms with Crippen LogP contribution in [0.2, 0.25) is 0 Å². The molecule has 0 saturated carbocycles. The molecule has 2 aliphatic rings. The van der Waals surface area contributed by atoms with Crippen LogP contribution in [-0.4, -0.2) is 114 Å². The normalized spacial score (nSPS) is 17.4. The lowest BCUT2D eigenvalue weighted by atomic mass is 9.73. The highest BCUT2D eigenvalue weighted by molar-refractivity contribution is 6.48. The van der Waals surface area contributed by atoms with Crippen molar-refractivity contribution in [3.8, 4) is 34.3 Å². The number of rotatable bonds is 18. The fraction of sp³-hybridized carbons (Fsp3) is 0.393. The van der Waals surface area contributed by atoms with Crippen molar-refractivity contribution in [1.82, 2.24) is 45.6 Å². The second-order valence-electron chi connectivity index (χ2n) is 20.5. The van der Waals surface area contributed by atoms with E-state index in [4.69, 9.17) is 14.0 Å². The first-order valence-electron chi connectivity index (χ1n) is 25.6. The summed E-state index contributed by atoms with van der Waals surface area (Å²) in [4.78, 5) is 64.6. The van der Waals surface area contributed by atoms with Crippen molar-refractivity contribution in [3.63, 3.8) is 0 Å². The molecule has 0 radical (unpaired) electrons. The Morgan fingerprint density at radius 1 is 0.840 bits per heavy atom. The molecule has 5 N–H and O–H groups in total. The van der Waals surface area contributed by atoms with Gasteiger partial charge in [0.25, 0.3) is 17.7 Å². The summed E-state index contributed by atoms with van der Waals surface area (Å²) in [6, 6.07) is 26.0. The van der Waals surface area contributed by atoms with Crippen LogP contribution in [0.25, 0.3) is 17.1 Å². The molecule has 19 heteroatoms. The van der Waals surface area contributed by atoms with Gasteiger partial charge in [0, 0.05) is 68.6 Å². The van der Waals surface area contributed by atoms with Crippen molar-refractivity contribution < 1.29 is 43.4 Å². The molecule has 4 heterocycles. The molecular formula is C56H66BN9O9. The molecular weight excluding hydrogens is 953 g/mol. The Morgan fingerprint density at radius 2 is 1.55 bits per heavy atom. The summed E-state index contributed by atoms with van der Waals surface area (Å²) >= 11 is 0. The summed E-state index contributed by atoms with van der Waals surface area (Å²) in [6.07, 6.45) is 6.08. The summed E-state index contributed by atoms with van der Waals surface area (Å²) in [5.74, 6) is -1.31. The maximum atomic E-state index is 14.2. The predicted octanol–water partition coefficient (Wildman–Crippen LogP) is 7.33. The first-order valence-corrected chi connectivity index (χ1v) is 25.6. The van der Waals surface area contributed by atoms with Gasteiger partial charge in [0.1, 0.15) is 40.7 Å². The molecule has 75 heavy (non-hydrogen) atoms. The van der Waals surface area contributed by atoms with Gasteiger partial charge in [-0.25, -0.2) is 4.98 Å². The van der Waals surface area contributed by atoms with E-state index in [-0.39, 0.29) is 59.1 Å². The number of nitrogens with one attached hydrogen (secondary N) is 3. The van der Waals surface area contributed by atoms with Crippen molar-refractivity contribution in [1.29, 1.82) is 0 Å². The minimum atomic E-state index is -0.978. The van der Waals surface area contributed by atoms with Crippen molar-refractivity contribution in [2.75, 3.05) is 19.6 Å². The van der Waals surface area contributed by atoms with Crippen molar-refractivity contribution in [2.24, 2.45) is 5.92 Å². The number of phenolic OH excluding ortho intramolecular Hbond substituents is 2. The van der Waals surface area contributed by atoms with Gasteiger partial charge >= 0.3 is 7.12 Å². The molecule has 4 amide bonds. The van der Waals surface area contributed by atoms with Crippen LogP contribution in [0.5, 0.6) is 17.2 Å². The second kappa shape index (κ2) is 22.9. The number of amides is 4. The molecule has 2 aliphatic heterocycles. The number of hydrogen-bond acceptors (Lipinski definition) is 13. The summed E-state index contributed by atoms with van der Waals surface area (Å²) < 4.78 is 21.5. The standard InChI is InChI=1S/C56H66BN9O9/c1-9-59-53(71)50-64-63-49(43-31-42(35(4)5)46(67)32-47(43)68)66(50)39-19-21-40(22-20-39)73-41-23-27-65(28-24-41)54(72)37-15-17-38(18-16-37)56(8)55(6,7)74-57(75-56)48(29-34(2)3)62-51(69)44(30-36-13-11-10-12-14-36)61-52(70)45-33-58-25-26-60-45/h10-22,25-26,31-35,41,44,48,67-68H,9,23-24,27-30H2,1-8H3,(H,59,71)(H,61,70)(H,62,69)/t44-,48-,56?/m0/s1. The number of likely N-dealkylation sites (tertiary alicyclic amines) is 1. The smallest absolute Gasteiger partial charge is 0.482 e. The molecule has 0 aliphatic carbocycles. The fourth-order valence-corrected chi connectivity index (χ4v) is 9.60. The fourth-order valence-electron chi connectivity index (χ4n) is 9.60. The van der Waals surface area contributed by atoms with Crippen LogP contribution < -0.4 is 20.7 Å². The number of carbonyl (C=O) groups is 4. The quantitative estimate of drug-likeness (QED) is 0.0532. The molecule has 3 atom stereocenters. The lowest BCUT2D eigenvalue weighted by Crippen LogP contribution is -2.55. The van der Waals surface area contributed by atoms with Gasteiger partial charge in [-0.05, 0) is 105 Å². The Morgan fingerprint density at radius 3 is 2.19 bits per heavy atom. The number of aromatic nitrogens is 5. The van der Waals surface area contributed by atoms with E-state index >= 15 is 0 Å². The number of benzene rings is 4. The van der Waals surface area contributed by atoms with Crippen LogP contribution in [0, 0.1) is 5.92 Å². The molecule has 2 fully saturated rings. The zero-order valence-corrected chi connectivity index (χ0v) is 43.7. The van der Waals surface area contributed by atoms with Crippen LogP contribution in [0.3, 0.4) is 0 Å². The van der Waals surface area contributed by atoms with E-state index in [1.165, 1.54) is 24.7 Å². The first-order chi connectivity index (χ1) is 35.8. The number of aromatic hydroxyl groups is 2. The monoisotopic (exact) mass is 1020 g/mol. The third-order valence-electron chi connectivity index (χ3n) is 14.0. The van der Waals surface area contributed by atoms with Crippen LogP contribution in [0.4, 0.5) is 0 Å². The van der Waals surface area contributed by atoms with Gasteiger partial charge in [-0.3, -0.25) is 28.7 Å². The number of nitrogens with zero attached hydrogens (tertiary/aromatic N) is 6. The molecule has 0 spiro atoms. The number of hydrogen-bond donors (Lipinski definition) is 5. The van der Waals surface area contributed by atoms with Gasteiger partial charge in [-0.1, -0.05) is 70.2 Å². The Bertz CT molecular complexity index is 2970. The first kappa shape index (κ1) is 53.7. The van der Waals surface area contributed by atoms with Gasteiger partial charge in [-0.15, -0.1) is 10.2 Å². The van der Waals surface area contributed by atoms with E-state index in [0.717, 1.165) is 11.1 Å². The van der Waals surface area contributed by atoms with Gasteiger partial charge in [-0.2, -0.15) is 0 Å². The van der Waals surface area contributed by atoms with Gasteiger partial charge in [0.15, 0.2) is 5.82 Å². The van der Waals surface area contributed by atoms with E-state index in [9.17, 15) is 29.4 Å². The van der Waals surface area contributed by atoms with Crippen LogP contribution >= 0.6 is 0 Å². The molecule has 8 rings (SSSR count). The Hall–Kier alpha value is -7.64. The number of phenols is 2. The molecule has 2 aromatic heterocycles. The highest BCUT2D eigenvalue weighted by Crippen LogP contribution is 2.46. The van der Waals surface area contributed by atoms with Gasteiger partial charge in [0.05, 0.1) is 23.3 Å². The molecule has 6 aromatic rings. The van der Waals surface area contributed by atoms with E-state index in [1.54, 1.807) is 41.8 Å². The Labute approximate surface area is 437 Å².